The summed E-state index contributed by atoms with van der Waals surface area (Å²) in [6.07, 6.45) is 5.72. The van der Waals surface area contributed by atoms with Gasteiger partial charge in [-0.05, 0) is 43.2 Å². The second-order valence-corrected chi connectivity index (χ2v) is 7.41. The molecule has 0 aromatic carbocycles. The van der Waals surface area contributed by atoms with Crippen LogP contribution in [0.3, 0.4) is 0 Å². The third kappa shape index (κ3) is 3.54. The van der Waals surface area contributed by atoms with Gasteiger partial charge in [0.05, 0.1) is 17.7 Å². The molecule has 140 valence electrons. The van der Waals surface area contributed by atoms with Crippen molar-refractivity contribution in [2.45, 2.75) is 20.3 Å². The molecule has 3 N–H and O–H groups in total. The molecule has 5 aromatic heterocycles. The molecule has 7 nitrogen and oxygen atoms in total. The Balaban J connectivity index is 0.000000162. The molecular weight excluding hydrogens is 370 g/mol. The number of aryl methyl sites for hydroxylation is 2. The number of aromatic amines is 1. The fraction of sp³-hybridized carbons (Fsp3) is 0.150. The number of imidazole rings is 1. The van der Waals surface area contributed by atoms with Crippen molar-refractivity contribution in [1.29, 1.82) is 0 Å². The summed E-state index contributed by atoms with van der Waals surface area (Å²) < 4.78 is 0. The second kappa shape index (κ2) is 7.69. The van der Waals surface area contributed by atoms with Gasteiger partial charge in [-0.15, -0.1) is 11.3 Å². The number of pyridine rings is 2. The van der Waals surface area contributed by atoms with Crippen LogP contribution in [-0.2, 0) is 6.42 Å². The van der Waals surface area contributed by atoms with Crippen LogP contribution >= 0.6 is 11.3 Å². The van der Waals surface area contributed by atoms with Gasteiger partial charge in [0, 0.05) is 16.5 Å². The van der Waals surface area contributed by atoms with Gasteiger partial charge in [-0.2, -0.15) is 0 Å². The average molecular weight is 389 g/mol. The van der Waals surface area contributed by atoms with Crippen LogP contribution in [-0.4, -0.2) is 29.9 Å². The predicted octanol–water partition coefficient (Wildman–Crippen LogP) is 4.16. The molecule has 5 aromatic rings. The molecule has 0 unspecified atom stereocenters. The maximum atomic E-state index is 5.48. The second-order valence-electron chi connectivity index (χ2n) is 6.18. The van der Waals surface area contributed by atoms with E-state index in [-0.39, 0.29) is 0 Å². The van der Waals surface area contributed by atoms with Crippen molar-refractivity contribution in [2.75, 3.05) is 5.73 Å². The number of nitrogens with zero attached hydrogens (tertiary/aromatic N) is 5. The number of hydrogen-bond donors (Lipinski definition) is 2. The largest absolute Gasteiger partial charge is 0.382 e. The van der Waals surface area contributed by atoms with E-state index in [1.54, 1.807) is 11.3 Å². The number of nitrogen functional groups attached to an aromatic ring is 1. The Morgan fingerprint density at radius 3 is 2.75 bits per heavy atom. The van der Waals surface area contributed by atoms with Crippen molar-refractivity contribution >= 4 is 38.5 Å². The van der Waals surface area contributed by atoms with Crippen LogP contribution in [0.25, 0.3) is 32.8 Å². The molecular formula is C20H19N7S. The van der Waals surface area contributed by atoms with Crippen LogP contribution in [0.1, 0.15) is 17.4 Å². The van der Waals surface area contributed by atoms with E-state index in [4.69, 9.17) is 10.7 Å². The van der Waals surface area contributed by atoms with Gasteiger partial charge in [0.2, 0.25) is 0 Å². The van der Waals surface area contributed by atoms with Gasteiger partial charge < -0.3 is 10.7 Å². The molecule has 28 heavy (non-hydrogen) atoms. The smallest absolute Gasteiger partial charge is 0.182 e. The minimum absolute atomic E-state index is 0.433. The maximum Gasteiger partial charge on any atom is 0.182 e. The van der Waals surface area contributed by atoms with Crippen LogP contribution in [0, 0.1) is 6.92 Å². The van der Waals surface area contributed by atoms with Gasteiger partial charge in [-0.3, -0.25) is 4.98 Å². The third-order valence-corrected chi connectivity index (χ3v) is 5.21. The average Bonchev–Trinajstić information content (AvgIpc) is 3.34. The number of thiophene rings is 1. The molecule has 8 heteroatoms. The predicted molar refractivity (Wildman–Crippen MR) is 113 cm³/mol. The highest BCUT2D eigenvalue weighted by atomic mass is 32.1. The fourth-order valence-corrected chi connectivity index (χ4v) is 3.78. The van der Waals surface area contributed by atoms with Gasteiger partial charge in [0.15, 0.2) is 11.5 Å². The summed E-state index contributed by atoms with van der Waals surface area (Å²) in [6.45, 7) is 4.28. The lowest BCUT2D eigenvalue weighted by molar-refractivity contribution is 1.11. The standard InChI is InChI=1S/C15H14N2S.C5H5N5/c1-3-11-9-12-8-10(2)18-15(12)17-14(11)13-6-4-5-7-16-13;6-4-3-5(9-1-7-3)10-2-8-4/h4-9H,3H2,1-2H3;1-2H,(H3,6,7,8,9,10). The monoisotopic (exact) mass is 389 g/mol. The highest BCUT2D eigenvalue weighted by Gasteiger charge is 2.10. The van der Waals surface area contributed by atoms with E-state index in [2.05, 4.69) is 50.9 Å². The molecule has 0 spiro atoms. The van der Waals surface area contributed by atoms with Crippen LogP contribution in [0.15, 0.2) is 49.2 Å². The van der Waals surface area contributed by atoms with Crippen LogP contribution < -0.4 is 5.73 Å². The number of nitrogens with one attached hydrogen (secondary N) is 1. The zero-order valence-corrected chi connectivity index (χ0v) is 16.4. The Kier molecular flexibility index (Phi) is 4.94. The fourth-order valence-electron chi connectivity index (χ4n) is 2.92. The lowest BCUT2D eigenvalue weighted by Gasteiger charge is -2.06. The number of hydrogen-bond acceptors (Lipinski definition) is 7. The van der Waals surface area contributed by atoms with Gasteiger partial charge in [-0.1, -0.05) is 13.0 Å². The van der Waals surface area contributed by atoms with E-state index in [0.717, 1.165) is 22.6 Å². The molecule has 5 heterocycles. The molecule has 0 radical (unpaired) electrons. The van der Waals surface area contributed by atoms with E-state index in [0.29, 0.717) is 17.0 Å². The molecule has 0 aliphatic heterocycles. The Morgan fingerprint density at radius 1 is 1.11 bits per heavy atom. The number of fused-ring (bicyclic) bond motifs is 2. The molecule has 0 bridgehead atoms. The molecule has 0 atom stereocenters. The van der Waals surface area contributed by atoms with Crippen LogP contribution in [0.4, 0.5) is 5.82 Å². The minimum Gasteiger partial charge on any atom is -0.382 e. The minimum atomic E-state index is 0.433. The lowest BCUT2D eigenvalue weighted by Crippen LogP contribution is -1.93. The third-order valence-electron chi connectivity index (χ3n) is 4.25. The maximum absolute atomic E-state index is 5.48. The van der Waals surface area contributed by atoms with Crippen molar-refractivity contribution < 1.29 is 0 Å². The van der Waals surface area contributed by atoms with Crippen LogP contribution in [0.2, 0.25) is 0 Å². The summed E-state index contributed by atoms with van der Waals surface area (Å²) in [5.41, 5.74) is 10.0. The van der Waals surface area contributed by atoms with Crippen molar-refractivity contribution in [2.24, 2.45) is 0 Å². The van der Waals surface area contributed by atoms with E-state index in [1.165, 1.54) is 28.5 Å². The number of rotatable bonds is 2. The van der Waals surface area contributed by atoms with Gasteiger partial charge >= 0.3 is 0 Å². The molecule has 0 amide bonds. The Bertz CT molecular complexity index is 1230. The first-order chi connectivity index (χ1) is 13.7. The Morgan fingerprint density at radius 2 is 2.00 bits per heavy atom. The van der Waals surface area contributed by atoms with Crippen molar-refractivity contribution in [1.82, 2.24) is 29.9 Å². The zero-order valence-electron chi connectivity index (χ0n) is 15.5. The molecule has 0 fully saturated rings. The summed E-state index contributed by atoms with van der Waals surface area (Å²) in [5, 5.41) is 1.24. The normalized spacial score (nSPS) is 10.8. The molecule has 0 saturated carbocycles. The molecule has 0 aliphatic rings. The van der Waals surface area contributed by atoms with E-state index < -0.39 is 0 Å². The summed E-state index contributed by atoms with van der Waals surface area (Å²) in [6, 6.07) is 10.4. The molecule has 5 rings (SSSR count). The lowest BCUT2D eigenvalue weighted by atomic mass is 10.1. The Hall–Kier alpha value is -3.39. The highest BCUT2D eigenvalue weighted by Crippen LogP contribution is 2.29. The van der Waals surface area contributed by atoms with E-state index in [9.17, 15) is 0 Å². The number of nitrogens with two attached hydrogens (primary N) is 1. The Labute approximate surface area is 165 Å². The topological polar surface area (TPSA) is 106 Å². The van der Waals surface area contributed by atoms with Gasteiger partial charge in [0.25, 0.3) is 0 Å². The van der Waals surface area contributed by atoms with E-state index >= 15 is 0 Å². The molecule has 0 saturated heterocycles. The highest BCUT2D eigenvalue weighted by molar-refractivity contribution is 7.18. The number of H-pyrrole nitrogens is 1. The zero-order chi connectivity index (χ0) is 19.5. The van der Waals surface area contributed by atoms with Crippen LogP contribution in [0.5, 0.6) is 0 Å². The first kappa shape index (κ1) is 18.0. The first-order valence-corrected chi connectivity index (χ1v) is 9.68. The van der Waals surface area contributed by atoms with Crippen molar-refractivity contribution in [3.63, 3.8) is 0 Å². The quantitative estimate of drug-likeness (QED) is 0.469. The summed E-state index contributed by atoms with van der Waals surface area (Å²) in [7, 11) is 0. The SMILES string of the molecule is CCc1cc2cc(C)sc2nc1-c1ccccn1.Nc1ncnc2nc[nH]c12. The number of aromatic nitrogens is 6. The summed E-state index contributed by atoms with van der Waals surface area (Å²) >= 11 is 1.74. The van der Waals surface area contributed by atoms with Crippen molar-refractivity contribution in [3.05, 3.63) is 59.6 Å². The molecule has 0 aliphatic carbocycles. The van der Waals surface area contributed by atoms with E-state index in [1.807, 2.05) is 24.4 Å². The number of anilines is 1. The van der Waals surface area contributed by atoms with Gasteiger partial charge in [-0.25, -0.2) is 19.9 Å². The van der Waals surface area contributed by atoms with Gasteiger partial charge in [0.1, 0.15) is 16.7 Å². The first-order valence-electron chi connectivity index (χ1n) is 8.86. The summed E-state index contributed by atoms with van der Waals surface area (Å²) in [4.78, 5) is 26.0. The van der Waals surface area contributed by atoms with Crippen molar-refractivity contribution in [3.8, 4) is 11.4 Å². The summed E-state index contributed by atoms with van der Waals surface area (Å²) in [5.74, 6) is 0.433.